The van der Waals surface area contributed by atoms with Gasteiger partial charge >= 0.3 is 0 Å². The van der Waals surface area contributed by atoms with Crippen LogP contribution in [0.3, 0.4) is 0 Å². The van der Waals surface area contributed by atoms with Crippen LogP contribution in [0.5, 0.6) is 0 Å². The van der Waals surface area contributed by atoms with Gasteiger partial charge < -0.3 is 4.98 Å². The molecule has 0 aliphatic heterocycles. The van der Waals surface area contributed by atoms with Gasteiger partial charge in [0.2, 0.25) is 0 Å². The zero-order valence-corrected chi connectivity index (χ0v) is 13.4. The molecule has 6 heteroatoms. The summed E-state index contributed by atoms with van der Waals surface area (Å²) in [7, 11) is 0. The van der Waals surface area contributed by atoms with Crippen LogP contribution in [0.15, 0.2) is 45.3 Å². The summed E-state index contributed by atoms with van der Waals surface area (Å²) in [4.78, 5) is 3.14. The van der Waals surface area contributed by atoms with Crippen molar-refractivity contribution in [2.45, 2.75) is 0 Å². The maximum atomic E-state index is 13.2. The van der Waals surface area contributed by atoms with Crippen molar-refractivity contribution in [2.75, 3.05) is 0 Å². The molecule has 19 heavy (non-hydrogen) atoms. The normalized spacial score (nSPS) is 11.1. The Morgan fingerprint density at radius 3 is 2.63 bits per heavy atom. The number of nitrogens with one attached hydrogen (secondary N) is 1. The molecule has 0 saturated heterocycles. The van der Waals surface area contributed by atoms with Crippen molar-refractivity contribution >= 4 is 55.1 Å². The smallest absolute Gasteiger partial charge is 0.182 e. The van der Waals surface area contributed by atoms with Crippen LogP contribution >= 0.6 is 44.1 Å². The fourth-order valence-electron chi connectivity index (χ4n) is 1.99. The molecule has 0 bridgehead atoms. The van der Waals surface area contributed by atoms with E-state index < -0.39 is 0 Å². The Morgan fingerprint density at radius 2 is 1.89 bits per heavy atom. The van der Waals surface area contributed by atoms with Crippen LogP contribution in [0, 0.1) is 10.6 Å². The first-order chi connectivity index (χ1) is 9.06. The predicted octanol–water partition coefficient (Wildman–Crippen LogP) is 5.35. The van der Waals surface area contributed by atoms with Gasteiger partial charge in [0.25, 0.3) is 0 Å². The van der Waals surface area contributed by atoms with Gasteiger partial charge in [0.05, 0.1) is 16.7 Å². The van der Waals surface area contributed by atoms with Crippen LogP contribution in [0.2, 0.25) is 0 Å². The van der Waals surface area contributed by atoms with Crippen molar-refractivity contribution in [3.63, 3.8) is 0 Å². The van der Waals surface area contributed by atoms with Gasteiger partial charge in [-0.2, -0.15) is 0 Å². The predicted molar refractivity (Wildman–Crippen MR) is 83.8 cm³/mol. The summed E-state index contributed by atoms with van der Waals surface area (Å²) in [5.74, 6) is -0.287. The first-order valence-electron chi connectivity index (χ1n) is 5.42. The topological polar surface area (TPSA) is 20.7 Å². The molecule has 2 aromatic carbocycles. The number of halogens is 3. The number of nitrogens with zero attached hydrogens (tertiary/aromatic N) is 1. The van der Waals surface area contributed by atoms with Gasteiger partial charge in [0, 0.05) is 8.95 Å². The minimum Gasteiger partial charge on any atom is -0.330 e. The molecular formula is C13H7Br2FN2S. The highest BCUT2D eigenvalue weighted by atomic mass is 79.9. The fraction of sp³-hybridized carbons (Fsp3) is 0. The van der Waals surface area contributed by atoms with E-state index in [0.29, 0.717) is 9.24 Å². The average molecular weight is 402 g/mol. The van der Waals surface area contributed by atoms with Crippen LogP contribution in [-0.2, 0) is 0 Å². The third-order valence-corrected chi connectivity index (χ3v) is 4.21. The molecule has 1 N–H and O–H groups in total. The minimum absolute atomic E-state index is 0.287. The Morgan fingerprint density at radius 1 is 1.11 bits per heavy atom. The van der Waals surface area contributed by atoms with E-state index in [1.165, 1.54) is 12.1 Å². The van der Waals surface area contributed by atoms with Crippen molar-refractivity contribution in [1.29, 1.82) is 0 Å². The molecular weight excluding hydrogens is 395 g/mol. The first kappa shape index (κ1) is 13.0. The Bertz CT molecular complexity index is 838. The van der Waals surface area contributed by atoms with E-state index in [4.69, 9.17) is 12.2 Å². The van der Waals surface area contributed by atoms with Crippen LogP contribution in [0.4, 0.5) is 4.39 Å². The Hall–Kier alpha value is -0.980. The van der Waals surface area contributed by atoms with E-state index in [2.05, 4.69) is 36.8 Å². The van der Waals surface area contributed by atoms with Gasteiger partial charge in [-0.3, -0.25) is 4.57 Å². The molecule has 0 spiro atoms. The Balaban J connectivity index is 2.36. The van der Waals surface area contributed by atoms with E-state index >= 15 is 0 Å². The molecule has 1 aromatic heterocycles. The third-order valence-electron chi connectivity index (χ3n) is 2.79. The molecule has 0 radical (unpaired) electrons. The van der Waals surface area contributed by atoms with Gasteiger partial charge in [-0.25, -0.2) is 4.39 Å². The molecule has 1 heterocycles. The highest BCUT2D eigenvalue weighted by molar-refractivity contribution is 9.10. The molecule has 0 atom stereocenters. The number of H-pyrrole nitrogens is 1. The number of benzene rings is 2. The molecule has 2 nitrogen and oxygen atoms in total. The monoisotopic (exact) mass is 400 g/mol. The SMILES string of the molecule is Fc1ccc(-n2c(=S)[nH]c3cc(Br)ccc32)c(Br)c1. The minimum atomic E-state index is -0.287. The Labute approximate surface area is 130 Å². The number of imidazole rings is 1. The first-order valence-corrected chi connectivity index (χ1v) is 7.41. The van der Waals surface area contributed by atoms with Gasteiger partial charge in [0.15, 0.2) is 4.77 Å². The molecule has 0 aliphatic carbocycles. The van der Waals surface area contributed by atoms with Crippen LogP contribution < -0.4 is 0 Å². The second kappa shape index (κ2) is 4.85. The maximum absolute atomic E-state index is 13.2. The number of rotatable bonds is 1. The lowest BCUT2D eigenvalue weighted by Crippen LogP contribution is -1.95. The van der Waals surface area contributed by atoms with E-state index in [9.17, 15) is 4.39 Å². The van der Waals surface area contributed by atoms with Crippen LogP contribution in [-0.4, -0.2) is 9.55 Å². The lowest BCUT2D eigenvalue weighted by Gasteiger charge is -2.07. The highest BCUT2D eigenvalue weighted by Crippen LogP contribution is 2.27. The van der Waals surface area contributed by atoms with Gasteiger partial charge in [-0.05, 0) is 64.5 Å². The van der Waals surface area contributed by atoms with Crippen molar-refractivity contribution in [3.8, 4) is 5.69 Å². The molecule has 3 rings (SSSR count). The van der Waals surface area contributed by atoms with E-state index in [1.54, 1.807) is 6.07 Å². The molecule has 0 aliphatic rings. The molecule has 0 saturated carbocycles. The third kappa shape index (κ3) is 2.28. The zero-order valence-electron chi connectivity index (χ0n) is 9.45. The quantitative estimate of drug-likeness (QED) is 0.545. The van der Waals surface area contributed by atoms with Gasteiger partial charge in [-0.15, -0.1) is 0 Å². The summed E-state index contributed by atoms with van der Waals surface area (Å²) in [6.45, 7) is 0. The van der Waals surface area contributed by atoms with Gasteiger partial charge in [0.1, 0.15) is 5.82 Å². The highest BCUT2D eigenvalue weighted by Gasteiger charge is 2.10. The summed E-state index contributed by atoms with van der Waals surface area (Å²) in [5.41, 5.74) is 2.68. The van der Waals surface area contributed by atoms with E-state index in [-0.39, 0.29) is 5.82 Å². The van der Waals surface area contributed by atoms with Crippen molar-refractivity contribution in [1.82, 2.24) is 9.55 Å². The van der Waals surface area contributed by atoms with Crippen molar-refractivity contribution in [3.05, 3.63) is 55.9 Å². The largest absolute Gasteiger partial charge is 0.330 e. The number of aromatic amines is 1. The molecule has 0 fully saturated rings. The second-order valence-corrected chi connectivity index (χ2v) is 6.18. The summed E-state index contributed by atoms with van der Waals surface area (Å²) in [6, 6.07) is 10.4. The molecule has 3 aromatic rings. The molecule has 0 amide bonds. The maximum Gasteiger partial charge on any atom is 0.182 e. The summed E-state index contributed by atoms with van der Waals surface area (Å²) in [5, 5.41) is 0. The number of fused-ring (bicyclic) bond motifs is 1. The van der Waals surface area contributed by atoms with Crippen molar-refractivity contribution in [2.24, 2.45) is 0 Å². The second-order valence-electron chi connectivity index (χ2n) is 4.02. The van der Waals surface area contributed by atoms with Crippen LogP contribution in [0.1, 0.15) is 0 Å². The van der Waals surface area contributed by atoms with Crippen molar-refractivity contribution < 1.29 is 4.39 Å². The summed E-state index contributed by atoms with van der Waals surface area (Å²) >= 11 is 12.1. The van der Waals surface area contributed by atoms with Crippen LogP contribution in [0.25, 0.3) is 16.7 Å². The number of hydrogen-bond acceptors (Lipinski definition) is 1. The number of hydrogen-bond donors (Lipinski definition) is 1. The Kier molecular flexibility index (Phi) is 3.32. The van der Waals surface area contributed by atoms with E-state index in [0.717, 1.165) is 21.2 Å². The average Bonchev–Trinajstić information content (AvgIpc) is 2.65. The summed E-state index contributed by atoms with van der Waals surface area (Å²) < 4.78 is 17.3. The molecule has 0 unspecified atom stereocenters. The lowest BCUT2D eigenvalue weighted by molar-refractivity contribution is 0.626. The lowest BCUT2D eigenvalue weighted by atomic mass is 10.3. The van der Waals surface area contributed by atoms with Gasteiger partial charge in [-0.1, -0.05) is 15.9 Å². The van der Waals surface area contributed by atoms with E-state index in [1.807, 2.05) is 22.8 Å². The standard InChI is InChI=1S/C13H7Br2FN2S/c14-7-1-3-12-10(5-7)17-13(19)18(12)11-4-2-8(16)6-9(11)15/h1-6H,(H,17,19). The zero-order chi connectivity index (χ0) is 13.6. The fourth-order valence-corrected chi connectivity index (χ4v) is 3.18. The molecule has 96 valence electrons. The summed E-state index contributed by atoms with van der Waals surface area (Å²) in [6.07, 6.45) is 0. The number of aromatic nitrogens is 2.